The van der Waals surface area contributed by atoms with E-state index < -0.39 is 0 Å². The van der Waals surface area contributed by atoms with Gasteiger partial charge in [0.25, 0.3) is 0 Å². The number of hydrogen-bond acceptors (Lipinski definition) is 4. The van der Waals surface area contributed by atoms with E-state index in [1.54, 1.807) is 6.08 Å². The molecule has 2 rings (SSSR count). The maximum absolute atomic E-state index is 9.96. The molecule has 0 fully saturated rings. The van der Waals surface area contributed by atoms with Crippen molar-refractivity contribution in [3.8, 4) is 5.75 Å². The first-order valence-electron chi connectivity index (χ1n) is 11.5. The second-order valence-electron chi connectivity index (χ2n) is 7.58. The van der Waals surface area contributed by atoms with Gasteiger partial charge < -0.3 is 14.8 Å². The number of esters is 1. The summed E-state index contributed by atoms with van der Waals surface area (Å²) in [7, 11) is 1.93. The van der Waals surface area contributed by atoms with E-state index in [2.05, 4.69) is 29.1 Å². The molecule has 0 aliphatic carbocycles. The second-order valence-corrected chi connectivity index (χ2v) is 7.58. The first kappa shape index (κ1) is 25.1. The Morgan fingerprint density at radius 3 is 2.03 bits per heavy atom. The highest BCUT2D eigenvalue weighted by atomic mass is 16.5. The van der Waals surface area contributed by atoms with Crippen molar-refractivity contribution in [2.75, 3.05) is 19.0 Å². The largest absolute Gasteiger partial charge is 0.494 e. The van der Waals surface area contributed by atoms with Crippen molar-refractivity contribution in [2.24, 2.45) is 0 Å². The van der Waals surface area contributed by atoms with Gasteiger partial charge >= 0.3 is 5.97 Å². The standard InChI is InChI=1S/C21H37NO.C4H4O2/c1-3-4-5-6-7-8-9-10-11-12-13-14-18-23-21-17-15-16-20(19-21)22-2;5-4-2-1-3-6-4/h15-17,19,22H,3-14,18H2,1-2H3;1,3H,2H2. The van der Waals surface area contributed by atoms with Gasteiger partial charge in [-0.25, -0.2) is 0 Å². The Bertz CT molecular complexity index is 547. The van der Waals surface area contributed by atoms with E-state index in [-0.39, 0.29) is 5.97 Å². The third kappa shape index (κ3) is 14.7. The number of anilines is 1. The summed E-state index contributed by atoms with van der Waals surface area (Å²) in [5.41, 5.74) is 1.11. The Balaban J connectivity index is 0.000000594. The molecule has 1 aromatic rings. The molecule has 0 atom stereocenters. The predicted octanol–water partition coefficient (Wildman–Crippen LogP) is 7.26. The smallest absolute Gasteiger partial charge is 0.314 e. The summed E-state index contributed by atoms with van der Waals surface area (Å²) < 4.78 is 10.1. The minimum Gasteiger partial charge on any atom is -0.494 e. The van der Waals surface area contributed by atoms with E-state index in [0.29, 0.717) is 6.42 Å². The SMILES string of the molecule is CCCCCCCCCCCCCCOc1cccc(NC)c1.O=C1CC=CO1. The normalized spacial score (nSPS) is 12.3. The minimum absolute atomic E-state index is 0.157. The van der Waals surface area contributed by atoms with E-state index in [1.165, 1.54) is 83.3 Å². The van der Waals surface area contributed by atoms with E-state index in [1.807, 2.05) is 19.2 Å². The lowest BCUT2D eigenvalue weighted by Gasteiger charge is -2.08. The van der Waals surface area contributed by atoms with E-state index >= 15 is 0 Å². The molecule has 0 radical (unpaired) electrons. The maximum Gasteiger partial charge on any atom is 0.314 e. The van der Waals surface area contributed by atoms with Crippen LogP contribution in [0.25, 0.3) is 0 Å². The summed E-state index contributed by atoms with van der Waals surface area (Å²) in [5, 5.41) is 3.14. The molecule has 1 N–H and O–H groups in total. The van der Waals surface area contributed by atoms with E-state index in [0.717, 1.165) is 18.0 Å². The van der Waals surface area contributed by atoms with Crippen LogP contribution < -0.4 is 10.1 Å². The molecule has 0 saturated heterocycles. The van der Waals surface area contributed by atoms with E-state index in [4.69, 9.17) is 4.74 Å². The van der Waals surface area contributed by atoms with Gasteiger partial charge in [-0.15, -0.1) is 0 Å². The summed E-state index contributed by atoms with van der Waals surface area (Å²) in [6.07, 6.45) is 20.1. The molecule has 4 heteroatoms. The van der Waals surface area contributed by atoms with Crippen molar-refractivity contribution < 1.29 is 14.3 Å². The van der Waals surface area contributed by atoms with Gasteiger partial charge in [-0.05, 0) is 24.6 Å². The highest BCUT2D eigenvalue weighted by molar-refractivity contribution is 5.73. The fourth-order valence-corrected chi connectivity index (χ4v) is 3.19. The van der Waals surface area contributed by atoms with Crippen LogP contribution in [0.1, 0.15) is 90.4 Å². The van der Waals surface area contributed by atoms with Crippen LogP contribution >= 0.6 is 0 Å². The van der Waals surface area contributed by atoms with Gasteiger partial charge in [0.15, 0.2) is 0 Å². The van der Waals surface area contributed by atoms with Crippen molar-refractivity contribution in [2.45, 2.75) is 90.4 Å². The molecule has 164 valence electrons. The van der Waals surface area contributed by atoms with Gasteiger partial charge in [-0.3, -0.25) is 4.79 Å². The molecule has 1 aliphatic heterocycles. The zero-order chi connectivity index (χ0) is 21.0. The lowest BCUT2D eigenvalue weighted by Crippen LogP contribution is -1.98. The van der Waals surface area contributed by atoms with Gasteiger partial charge in [0.05, 0.1) is 19.3 Å². The third-order valence-corrected chi connectivity index (χ3v) is 4.97. The summed E-state index contributed by atoms with van der Waals surface area (Å²) in [4.78, 5) is 9.96. The zero-order valence-corrected chi connectivity index (χ0v) is 18.6. The Morgan fingerprint density at radius 1 is 0.931 bits per heavy atom. The Morgan fingerprint density at radius 2 is 1.55 bits per heavy atom. The number of carbonyl (C=O) groups is 1. The van der Waals surface area contributed by atoms with Crippen LogP contribution in [0.2, 0.25) is 0 Å². The van der Waals surface area contributed by atoms with Crippen LogP contribution in [-0.4, -0.2) is 19.6 Å². The van der Waals surface area contributed by atoms with Crippen molar-refractivity contribution in [3.63, 3.8) is 0 Å². The molecule has 0 aromatic heterocycles. The monoisotopic (exact) mass is 403 g/mol. The summed E-state index contributed by atoms with van der Waals surface area (Å²) in [5.74, 6) is 0.815. The van der Waals surface area contributed by atoms with E-state index in [9.17, 15) is 4.79 Å². The fraction of sp³-hybridized carbons (Fsp3) is 0.640. The molecule has 29 heavy (non-hydrogen) atoms. The zero-order valence-electron chi connectivity index (χ0n) is 18.6. The quantitative estimate of drug-likeness (QED) is 0.247. The average Bonchev–Trinajstić information content (AvgIpc) is 3.23. The van der Waals surface area contributed by atoms with Crippen LogP contribution in [-0.2, 0) is 9.53 Å². The highest BCUT2D eigenvalue weighted by Gasteiger charge is 2.01. The number of ether oxygens (including phenoxy) is 2. The summed E-state index contributed by atoms with van der Waals surface area (Å²) in [6.45, 7) is 3.12. The van der Waals surface area contributed by atoms with Crippen LogP contribution in [0, 0.1) is 0 Å². The Kier molecular flexibility index (Phi) is 15.6. The van der Waals surface area contributed by atoms with Crippen LogP contribution in [0.4, 0.5) is 5.69 Å². The number of unbranched alkanes of at least 4 members (excludes halogenated alkanes) is 11. The molecule has 1 heterocycles. The lowest BCUT2D eigenvalue weighted by molar-refractivity contribution is -0.135. The maximum atomic E-state index is 9.96. The van der Waals surface area contributed by atoms with Gasteiger partial charge in [0.2, 0.25) is 0 Å². The van der Waals surface area contributed by atoms with Gasteiger partial charge in [-0.1, -0.05) is 83.6 Å². The number of carbonyl (C=O) groups excluding carboxylic acids is 1. The first-order chi connectivity index (χ1) is 14.3. The fourth-order valence-electron chi connectivity index (χ4n) is 3.19. The van der Waals surface area contributed by atoms with Gasteiger partial charge in [0, 0.05) is 18.8 Å². The molecule has 0 amide bonds. The predicted molar refractivity (Wildman–Crippen MR) is 122 cm³/mol. The molecule has 1 aromatic carbocycles. The molecule has 0 bridgehead atoms. The number of nitrogens with one attached hydrogen (secondary N) is 1. The third-order valence-electron chi connectivity index (χ3n) is 4.97. The Labute approximate surface area is 178 Å². The minimum atomic E-state index is -0.157. The topological polar surface area (TPSA) is 47.6 Å². The first-order valence-corrected chi connectivity index (χ1v) is 11.5. The molecular weight excluding hydrogens is 362 g/mol. The van der Waals surface area contributed by atoms with Crippen molar-refractivity contribution in [3.05, 3.63) is 36.6 Å². The van der Waals surface area contributed by atoms with Gasteiger partial charge in [-0.2, -0.15) is 0 Å². The number of benzene rings is 1. The van der Waals surface area contributed by atoms with Crippen molar-refractivity contribution >= 4 is 11.7 Å². The number of rotatable bonds is 15. The van der Waals surface area contributed by atoms with Gasteiger partial charge in [0.1, 0.15) is 5.75 Å². The molecular formula is C25H41NO3. The molecule has 4 nitrogen and oxygen atoms in total. The molecule has 0 spiro atoms. The highest BCUT2D eigenvalue weighted by Crippen LogP contribution is 2.17. The van der Waals surface area contributed by atoms with Crippen LogP contribution in [0.5, 0.6) is 5.75 Å². The summed E-state index contributed by atoms with van der Waals surface area (Å²) >= 11 is 0. The number of cyclic esters (lactones) is 1. The number of hydrogen-bond donors (Lipinski definition) is 1. The Hall–Kier alpha value is -1.97. The molecule has 1 aliphatic rings. The molecule has 0 unspecified atom stereocenters. The van der Waals surface area contributed by atoms with Crippen molar-refractivity contribution in [1.29, 1.82) is 0 Å². The lowest BCUT2D eigenvalue weighted by atomic mass is 10.1. The van der Waals surface area contributed by atoms with Crippen molar-refractivity contribution in [1.82, 2.24) is 0 Å². The average molecular weight is 404 g/mol. The van der Waals surface area contributed by atoms with Crippen LogP contribution in [0.15, 0.2) is 36.6 Å². The second kappa shape index (κ2) is 18.1. The molecule has 0 saturated carbocycles. The van der Waals surface area contributed by atoms with Crippen LogP contribution in [0.3, 0.4) is 0 Å². The summed E-state index contributed by atoms with van der Waals surface area (Å²) in [6, 6.07) is 8.17.